The van der Waals surface area contributed by atoms with Crippen LogP contribution in [0.1, 0.15) is 27.6 Å². The molecule has 0 atom stereocenters. The van der Waals surface area contributed by atoms with Crippen LogP contribution in [0.2, 0.25) is 0 Å². The van der Waals surface area contributed by atoms with Crippen molar-refractivity contribution in [1.29, 1.82) is 0 Å². The lowest BCUT2D eigenvalue weighted by atomic mass is 10.0. The first kappa shape index (κ1) is 11.5. The highest BCUT2D eigenvalue weighted by atomic mass is 16.4. The molecule has 1 amide bonds. The number of carbonyl (C=O) groups is 2. The number of hydrogen-bond donors (Lipinski definition) is 3. The number of carboxylic acid groups (broad SMARTS) is 1. The van der Waals surface area contributed by atoms with Crippen LogP contribution in [-0.2, 0) is 24.2 Å². The molecule has 7 heteroatoms. The Morgan fingerprint density at radius 2 is 2.18 bits per heavy atom. The molecule has 1 aromatic rings. The Labute approximate surface area is 97.1 Å². The highest BCUT2D eigenvalue weighted by molar-refractivity contribution is 5.87. The molecular weight excluding hydrogens is 224 g/mol. The zero-order valence-electron chi connectivity index (χ0n) is 9.06. The normalized spacial score (nSPS) is 14.1. The molecular formula is C10H12N4O3. The van der Waals surface area contributed by atoms with E-state index >= 15 is 0 Å². The third kappa shape index (κ3) is 2.39. The van der Waals surface area contributed by atoms with Gasteiger partial charge in [-0.25, -0.2) is 14.8 Å². The maximum Gasteiger partial charge on any atom is 0.354 e. The van der Waals surface area contributed by atoms with Crippen LogP contribution in [0.3, 0.4) is 0 Å². The van der Waals surface area contributed by atoms with Crippen LogP contribution >= 0.6 is 0 Å². The lowest BCUT2D eigenvalue weighted by Crippen LogP contribution is -2.29. The van der Waals surface area contributed by atoms with Crippen LogP contribution in [0.15, 0.2) is 0 Å². The molecule has 1 aromatic heterocycles. The van der Waals surface area contributed by atoms with Crippen LogP contribution < -0.4 is 11.1 Å². The van der Waals surface area contributed by atoms with Gasteiger partial charge in [-0.3, -0.25) is 4.79 Å². The van der Waals surface area contributed by atoms with Gasteiger partial charge in [0.2, 0.25) is 5.91 Å². The number of nitrogens with zero attached hydrogens (tertiary/aromatic N) is 2. The van der Waals surface area contributed by atoms with Gasteiger partial charge in [-0.15, -0.1) is 0 Å². The van der Waals surface area contributed by atoms with Crippen molar-refractivity contribution in [3.8, 4) is 0 Å². The third-order valence-corrected chi connectivity index (χ3v) is 2.52. The number of fused-ring (bicyclic) bond motifs is 1. The molecule has 1 aliphatic rings. The fourth-order valence-electron chi connectivity index (χ4n) is 1.82. The van der Waals surface area contributed by atoms with Gasteiger partial charge in [0, 0.05) is 12.1 Å². The molecule has 0 bridgehead atoms. The Hall–Kier alpha value is -2.02. The second kappa shape index (κ2) is 4.46. The molecule has 0 unspecified atom stereocenters. The second-order valence-electron chi connectivity index (χ2n) is 3.79. The summed E-state index contributed by atoms with van der Waals surface area (Å²) in [6.07, 6.45) is 0.432. The van der Waals surface area contributed by atoms with Gasteiger partial charge >= 0.3 is 5.97 Å². The minimum Gasteiger partial charge on any atom is -0.477 e. The van der Waals surface area contributed by atoms with Gasteiger partial charge in [0.25, 0.3) is 0 Å². The van der Waals surface area contributed by atoms with Crippen molar-refractivity contribution in [2.75, 3.05) is 6.54 Å². The quantitative estimate of drug-likeness (QED) is 0.609. The van der Waals surface area contributed by atoms with Crippen molar-refractivity contribution in [2.45, 2.75) is 19.4 Å². The van der Waals surface area contributed by atoms with Crippen LogP contribution in [0, 0.1) is 0 Å². The van der Waals surface area contributed by atoms with E-state index in [4.69, 9.17) is 10.8 Å². The minimum atomic E-state index is -1.10. The predicted octanol–water partition coefficient (Wildman–Crippen LogP) is -1.15. The largest absolute Gasteiger partial charge is 0.477 e. The average molecular weight is 236 g/mol. The molecule has 90 valence electrons. The summed E-state index contributed by atoms with van der Waals surface area (Å²) in [6.45, 7) is 1.19. The maximum absolute atomic E-state index is 11.1. The summed E-state index contributed by atoms with van der Waals surface area (Å²) in [4.78, 5) is 29.9. The fourth-order valence-corrected chi connectivity index (χ4v) is 1.82. The van der Waals surface area contributed by atoms with E-state index in [0.717, 1.165) is 0 Å². The number of aromatic nitrogens is 2. The van der Waals surface area contributed by atoms with Gasteiger partial charge in [-0.05, 0) is 13.0 Å². The van der Waals surface area contributed by atoms with E-state index in [2.05, 4.69) is 15.3 Å². The van der Waals surface area contributed by atoms with Crippen molar-refractivity contribution in [2.24, 2.45) is 5.73 Å². The summed E-state index contributed by atoms with van der Waals surface area (Å²) in [6, 6.07) is 0. The van der Waals surface area contributed by atoms with E-state index in [-0.39, 0.29) is 17.9 Å². The second-order valence-corrected chi connectivity index (χ2v) is 3.79. The van der Waals surface area contributed by atoms with E-state index < -0.39 is 11.9 Å². The fraction of sp³-hybridized carbons (Fsp3) is 0.400. The SMILES string of the molecule is NC(=O)Cc1nc2c(c(C(=O)O)n1)CCNC2. The summed E-state index contributed by atoms with van der Waals surface area (Å²) in [5.74, 6) is -1.52. The number of hydrogen-bond acceptors (Lipinski definition) is 5. The standard InChI is InChI=1S/C10H12N4O3/c11-7(15)3-8-13-6-4-12-2-1-5(6)9(14-8)10(16)17/h12H,1-4H2,(H2,11,15)(H,16,17). The van der Waals surface area contributed by atoms with E-state index in [9.17, 15) is 9.59 Å². The number of aromatic carboxylic acids is 1. The topological polar surface area (TPSA) is 118 Å². The van der Waals surface area contributed by atoms with E-state index in [0.29, 0.717) is 30.8 Å². The van der Waals surface area contributed by atoms with Gasteiger partial charge in [0.05, 0.1) is 12.1 Å². The predicted molar refractivity (Wildman–Crippen MR) is 57.3 cm³/mol. The van der Waals surface area contributed by atoms with Crippen molar-refractivity contribution < 1.29 is 14.7 Å². The summed E-state index contributed by atoms with van der Waals surface area (Å²) in [5, 5.41) is 12.2. The molecule has 0 aliphatic carbocycles. The summed E-state index contributed by atoms with van der Waals surface area (Å²) < 4.78 is 0. The summed E-state index contributed by atoms with van der Waals surface area (Å²) in [5.41, 5.74) is 6.31. The van der Waals surface area contributed by atoms with Gasteiger partial charge in [-0.2, -0.15) is 0 Å². The highest BCUT2D eigenvalue weighted by Crippen LogP contribution is 2.16. The number of primary amides is 1. The van der Waals surface area contributed by atoms with Crippen molar-refractivity contribution >= 4 is 11.9 Å². The molecule has 0 radical (unpaired) electrons. The smallest absolute Gasteiger partial charge is 0.354 e. The number of nitrogens with two attached hydrogens (primary N) is 1. The first-order valence-electron chi connectivity index (χ1n) is 5.19. The van der Waals surface area contributed by atoms with E-state index in [1.54, 1.807) is 0 Å². The Kier molecular flexibility index (Phi) is 3.01. The van der Waals surface area contributed by atoms with Gasteiger partial charge in [0.1, 0.15) is 5.82 Å². The van der Waals surface area contributed by atoms with Crippen LogP contribution in [0.25, 0.3) is 0 Å². The van der Waals surface area contributed by atoms with Gasteiger partial charge < -0.3 is 16.2 Å². The summed E-state index contributed by atoms with van der Waals surface area (Å²) >= 11 is 0. The van der Waals surface area contributed by atoms with Gasteiger partial charge in [-0.1, -0.05) is 0 Å². The third-order valence-electron chi connectivity index (χ3n) is 2.52. The molecule has 0 spiro atoms. The Morgan fingerprint density at radius 1 is 1.41 bits per heavy atom. The van der Waals surface area contributed by atoms with Crippen LogP contribution in [0.4, 0.5) is 0 Å². The number of amides is 1. The first-order valence-corrected chi connectivity index (χ1v) is 5.19. The van der Waals surface area contributed by atoms with Crippen molar-refractivity contribution in [1.82, 2.24) is 15.3 Å². The number of carbonyl (C=O) groups excluding carboxylic acids is 1. The minimum absolute atomic E-state index is 0.0206. The number of nitrogens with one attached hydrogen (secondary N) is 1. The molecule has 7 nitrogen and oxygen atoms in total. The van der Waals surface area contributed by atoms with Gasteiger partial charge in [0.15, 0.2) is 5.69 Å². The molecule has 1 aliphatic heterocycles. The number of rotatable bonds is 3. The molecule has 0 aromatic carbocycles. The molecule has 17 heavy (non-hydrogen) atoms. The Morgan fingerprint density at radius 3 is 2.82 bits per heavy atom. The molecule has 2 heterocycles. The molecule has 4 N–H and O–H groups in total. The number of carboxylic acids is 1. The molecule has 0 saturated carbocycles. The summed E-state index contributed by atoms with van der Waals surface area (Å²) in [7, 11) is 0. The monoisotopic (exact) mass is 236 g/mol. The van der Waals surface area contributed by atoms with Crippen LogP contribution in [0.5, 0.6) is 0 Å². The highest BCUT2D eigenvalue weighted by Gasteiger charge is 2.21. The van der Waals surface area contributed by atoms with Crippen LogP contribution in [-0.4, -0.2) is 33.5 Å². The average Bonchev–Trinajstić information content (AvgIpc) is 2.27. The molecule has 0 fully saturated rings. The maximum atomic E-state index is 11.1. The Balaban J connectivity index is 2.48. The zero-order valence-corrected chi connectivity index (χ0v) is 9.06. The lowest BCUT2D eigenvalue weighted by Gasteiger charge is -2.18. The Bertz CT molecular complexity index is 487. The van der Waals surface area contributed by atoms with Crippen molar-refractivity contribution in [3.63, 3.8) is 0 Å². The first-order chi connectivity index (χ1) is 8.08. The zero-order chi connectivity index (χ0) is 12.4. The molecule has 2 rings (SSSR count). The molecule has 0 saturated heterocycles. The van der Waals surface area contributed by atoms with E-state index in [1.165, 1.54) is 0 Å². The van der Waals surface area contributed by atoms with E-state index in [1.807, 2.05) is 0 Å². The van der Waals surface area contributed by atoms with Crippen molar-refractivity contribution in [3.05, 3.63) is 22.8 Å². The lowest BCUT2D eigenvalue weighted by molar-refractivity contribution is -0.117.